The second-order valence-electron chi connectivity index (χ2n) is 15.0. The van der Waals surface area contributed by atoms with Gasteiger partial charge in [-0.15, -0.1) is 0 Å². The zero-order chi connectivity index (χ0) is 35.4. The van der Waals surface area contributed by atoms with E-state index in [4.69, 9.17) is 0 Å². The van der Waals surface area contributed by atoms with Gasteiger partial charge in [0.25, 0.3) is 10.0 Å². The van der Waals surface area contributed by atoms with Gasteiger partial charge in [0.05, 0.1) is 16.0 Å². The van der Waals surface area contributed by atoms with Crippen molar-refractivity contribution in [3.05, 3.63) is 94.6 Å². The van der Waals surface area contributed by atoms with E-state index in [-0.39, 0.29) is 23.1 Å². The number of rotatable bonds is 7. The lowest BCUT2D eigenvalue weighted by atomic mass is 9.72. The molecule has 0 aliphatic carbocycles. The van der Waals surface area contributed by atoms with Crippen LogP contribution in [-0.2, 0) is 25.0 Å². The normalized spacial score (nSPS) is 24.1. The van der Waals surface area contributed by atoms with Crippen molar-refractivity contribution >= 4 is 62.6 Å². The molecule has 2 fully saturated rings. The van der Waals surface area contributed by atoms with Crippen LogP contribution < -0.4 is 4.31 Å². The summed E-state index contributed by atoms with van der Waals surface area (Å²) in [6, 6.07) is 20.9. The molecule has 0 radical (unpaired) electrons. The maximum atomic E-state index is 15.0. The molecule has 3 aliphatic heterocycles. The van der Waals surface area contributed by atoms with Gasteiger partial charge in [-0.25, -0.2) is 12.7 Å². The first-order valence-electron chi connectivity index (χ1n) is 17.2. The Bertz CT molecular complexity index is 2080. The minimum Gasteiger partial charge on any atom is -0.373 e. The molecule has 0 saturated carbocycles. The highest BCUT2D eigenvalue weighted by molar-refractivity contribution is 9.10. The fraction of sp³-hybridized carbons (Fsp3) is 0.421. The summed E-state index contributed by atoms with van der Waals surface area (Å²) < 4.78 is 34.9. The summed E-state index contributed by atoms with van der Waals surface area (Å²) in [6.07, 6.45) is 1.58. The minimum atomic E-state index is -4.19. The molecule has 11 heteroatoms. The third-order valence-electron chi connectivity index (χ3n) is 12.0. The van der Waals surface area contributed by atoms with Crippen molar-refractivity contribution in [2.75, 3.05) is 11.4 Å². The van der Waals surface area contributed by atoms with E-state index in [9.17, 15) is 18.0 Å². The fourth-order valence-electron chi connectivity index (χ4n) is 10.0. The fourth-order valence-corrected chi connectivity index (χ4v) is 18.7. The number of sulfonamides is 1. The molecule has 2 amide bonds. The van der Waals surface area contributed by atoms with Crippen molar-refractivity contribution in [1.82, 2.24) is 14.0 Å². The van der Waals surface area contributed by atoms with Gasteiger partial charge in [-0.05, 0) is 77.5 Å². The summed E-state index contributed by atoms with van der Waals surface area (Å²) in [5, 5.41) is 1.01. The van der Waals surface area contributed by atoms with Crippen LogP contribution in [0.1, 0.15) is 66.0 Å². The highest BCUT2D eigenvalue weighted by Crippen LogP contribution is 2.61. The summed E-state index contributed by atoms with van der Waals surface area (Å²) in [7, 11) is -4.85. The highest BCUT2D eigenvalue weighted by Gasteiger charge is 2.69. The lowest BCUT2D eigenvalue weighted by Gasteiger charge is -2.45. The number of amides is 2. The Hall–Kier alpha value is -3.41. The number of likely N-dealkylation sites (N-methyl/N-ethyl adjacent to an activating group) is 1. The summed E-state index contributed by atoms with van der Waals surface area (Å²) in [6.45, 7) is 15.7. The number of piperazine rings is 1. The average molecular weight is 762 g/mol. The first-order chi connectivity index (χ1) is 23.1. The number of hydrogen-bond acceptors (Lipinski definition) is 4. The van der Waals surface area contributed by atoms with Crippen LogP contribution in [0.25, 0.3) is 10.9 Å². The van der Waals surface area contributed by atoms with E-state index < -0.39 is 41.9 Å². The summed E-state index contributed by atoms with van der Waals surface area (Å²) in [4.78, 5) is 32.0. The molecule has 0 unspecified atom stereocenters. The van der Waals surface area contributed by atoms with Crippen LogP contribution in [0, 0.1) is 0 Å². The van der Waals surface area contributed by atoms with Gasteiger partial charge in [0.15, 0.2) is 8.24 Å². The molecule has 49 heavy (non-hydrogen) atoms. The van der Waals surface area contributed by atoms with Crippen molar-refractivity contribution in [3.63, 3.8) is 0 Å². The molecule has 2 saturated heterocycles. The lowest BCUT2D eigenvalue weighted by molar-refractivity contribution is -0.158. The smallest absolute Gasteiger partial charge is 0.266 e. The lowest BCUT2D eigenvalue weighted by Crippen LogP contribution is -2.65. The molecule has 0 N–H and O–H groups in total. The van der Waals surface area contributed by atoms with E-state index >= 15 is 0 Å². The van der Waals surface area contributed by atoms with Crippen LogP contribution in [0.4, 0.5) is 5.69 Å². The average Bonchev–Trinajstić information content (AvgIpc) is 3.69. The molecule has 4 heterocycles. The van der Waals surface area contributed by atoms with E-state index in [0.29, 0.717) is 22.3 Å². The van der Waals surface area contributed by atoms with E-state index in [2.05, 4.69) is 86.1 Å². The molecule has 7 rings (SSSR count). The molecule has 0 bridgehead atoms. The number of carbonyl (C=O) groups is 2. The van der Waals surface area contributed by atoms with Gasteiger partial charge in [-0.1, -0.05) is 93.9 Å². The van der Waals surface area contributed by atoms with E-state index in [1.807, 2.05) is 24.3 Å². The number of benzene rings is 3. The quantitative estimate of drug-likeness (QED) is 0.181. The standard InChI is InChI=1S/C38H45BrN4O4SSi/c1-23(2)49(24(3)4,25(5)6)41-22-31(29-20-27(39)18-19-32(29)41)38-21-34-36(45)40(8)26(7)35(44)42(34)37(38)43(33-17-13-12-16-30(33)38)48(46,47)28-14-10-9-11-15-28/h9-20,22-26,34,37H,21H2,1-8H3/t26-,34-,37-,38+/m0/s1. The monoisotopic (exact) mass is 760 g/mol. The minimum absolute atomic E-state index is 0.140. The second-order valence-corrected chi connectivity index (χ2v) is 23.4. The molecule has 3 aromatic carbocycles. The van der Waals surface area contributed by atoms with Gasteiger partial charge in [0.2, 0.25) is 11.8 Å². The van der Waals surface area contributed by atoms with Crippen molar-refractivity contribution in [3.8, 4) is 0 Å². The Morgan fingerprint density at radius 1 is 0.837 bits per heavy atom. The molecule has 1 aromatic heterocycles. The Labute approximate surface area is 299 Å². The maximum Gasteiger partial charge on any atom is 0.266 e. The zero-order valence-corrected chi connectivity index (χ0v) is 32.8. The van der Waals surface area contributed by atoms with Gasteiger partial charge in [0.1, 0.15) is 18.2 Å². The van der Waals surface area contributed by atoms with Crippen LogP contribution in [0.2, 0.25) is 16.6 Å². The molecule has 0 spiro atoms. The molecule has 258 valence electrons. The molecule has 3 aliphatic rings. The Balaban J connectivity index is 1.63. The molecular weight excluding hydrogens is 716 g/mol. The Morgan fingerprint density at radius 3 is 2.08 bits per heavy atom. The number of nitrogens with zero attached hydrogens (tertiary/aromatic N) is 4. The Kier molecular flexibility index (Phi) is 8.04. The van der Waals surface area contributed by atoms with E-state index in [1.165, 1.54) is 9.21 Å². The van der Waals surface area contributed by atoms with Gasteiger partial charge >= 0.3 is 0 Å². The first kappa shape index (κ1) is 34.1. The highest BCUT2D eigenvalue weighted by atomic mass is 79.9. The van der Waals surface area contributed by atoms with Crippen molar-refractivity contribution < 1.29 is 18.0 Å². The van der Waals surface area contributed by atoms with Crippen LogP contribution in [0.15, 0.2) is 88.4 Å². The second kappa shape index (κ2) is 11.6. The van der Waals surface area contributed by atoms with E-state index in [1.54, 1.807) is 49.2 Å². The SMILES string of the molecule is CC(C)[Si](C(C)C)(C(C)C)n1cc([C@]23C[C@H]4C(=O)N(C)[C@@H](C)C(=O)N4[C@H]2N(S(=O)(=O)c2ccccc2)c2ccccc23)c2cc(Br)ccc21. The van der Waals surface area contributed by atoms with E-state index in [0.717, 1.165) is 26.5 Å². The molecular formula is C38H45BrN4O4SSi. The number of para-hydroxylation sites is 1. The number of halogens is 1. The number of fused-ring (bicyclic) bond motifs is 6. The van der Waals surface area contributed by atoms with Gasteiger partial charge in [-0.3, -0.25) is 9.59 Å². The number of hydrogen-bond donors (Lipinski definition) is 0. The third kappa shape index (κ3) is 4.40. The maximum absolute atomic E-state index is 15.0. The number of aromatic nitrogens is 1. The zero-order valence-electron chi connectivity index (χ0n) is 29.4. The number of carbonyl (C=O) groups excluding carboxylic acids is 2. The Morgan fingerprint density at radius 2 is 1.45 bits per heavy atom. The first-order valence-corrected chi connectivity index (χ1v) is 21.6. The number of anilines is 1. The van der Waals surface area contributed by atoms with Crippen molar-refractivity contribution in [1.29, 1.82) is 0 Å². The predicted molar refractivity (Wildman–Crippen MR) is 201 cm³/mol. The van der Waals surface area contributed by atoms with Crippen molar-refractivity contribution in [2.45, 2.75) is 100 Å². The summed E-state index contributed by atoms with van der Waals surface area (Å²) in [5.41, 5.74) is 3.56. The topological polar surface area (TPSA) is 82.9 Å². The molecule has 4 aromatic rings. The van der Waals surface area contributed by atoms with Gasteiger partial charge in [-0.2, -0.15) is 0 Å². The summed E-state index contributed by atoms with van der Waals surface area (Å²) in [5.74, 6) is -0.421. The van der Waals surface area contributed by atoms with Crippen LogP contribution in [0.5, 0.6) is 0 Å². The molecule has 8 nitrogen and oxygen atoms in total. The largest absolute Gasteiger partial charge is 0.373 e. The predicted octanol–water partition coefficient (Wildman–Crippen LogP) is 7.71. The van der Waals surface area contributed by atoms with Gasteiger partial charge in [0, 0.05) is 28.6 Å². The van der Waals surface area contributed by atoms with Gasteiger partial charge < -0.3 is 14.0 Å². The molecule has 4 atom stereocenters. The van der Waals surface area contributed by atoms with Crippen LogP contribution in [0.3, 0.4) is 0 Å². The summed E-state index contributed by atoms with van der Waals surface area (Å²) >= 11 is 3.76. The van der Waals surface area contributed by atoms with Crippen LogP contribution in [-0.4, -0.2) is 67.8 Å². The van der Waals surface area contributed by atoms with Crippen molar-refractivity contribution in [2.24, 2.45) is 0 Å². The van der Waals surface area contributed by atoms with Crippen LogP contribution >= 0.6 is 15.9 Å². The third-order valence-corrected chi connectivity index (χ3v) is 21.0.